The summed E-state index contributed by atoms with van der Waals surface area (Å²) in [6, 6.07) is 4.43. The van der Waals surface area contributed by atoms with E-state index >= 15 is 0 Å². The zero-order valence-electron chi connectivity index (χ0n) is 19.6. The molecular formula is C24H29N5O4S. The lowest BCUT2D eigenvalue weighted by atomic mass is 9.91. The van der Waals surface area contributed by atoms with Crippen molar-refractivity contribution in [3.05, 3.63) is 53.1 Å². The molecule has 0 bridgehead atoms. The fraction of sp³-hybridized carbons (Fsp3) is 0.458. The van der Waals surface area contributed by atoms with Crippen LogP contribution in [0, 0.1) is 12.8 Å². The number of hydrogen-bond acceptors (Lipinski definition) is 8. The van der Waals surface area contributed by atoms with E-state index in [1.807, 2.05) is 39.8 Å². The summed E-state index contributed by atoms with van der Waals surface area (Å²) in [5, 5.41) is 17.0. The number of aliphatic hydroxyl groups excluding tert-OH is 1. The number of β-amino-alcohol motifs (C(OH)–C–C–N with tert-alkyl or cyclic N) is 1. The predicted molar refractivity (Wildman–Crippen MR) is 127 cm³/mol. The molecule has 4 atom stereocenters. The fourth-order valence-electron chi connectivity index (χ4n) is 4.34. The lowest BCUT2D eigenvalue weighted by molar-refractivity contribution is -0.141. The van der Waals surface area contributed by atoms with Crippen molar-refractivity contribution >= 4 is 23.2 Å². The molecule has 0 radical (unpaired) electrons. The van der Waals surface area contributed by atoms with E-state index in [0.29, 0.717) is 5.76 Å². The van der Waals surface area contributed by atoms with Gasteiger partial charge in [0, 0.05) is 25.2 Å². The molecule has 1 aliphatic rings. The van der Waals surface area contributed by atoms with Crippen molar-refractivity contribution in [2.75, 3.05) is 6.54 Å². The molecule has 10 heteroatoms. The van der Waals surface area contributed by atoms with Crippen LogP contribution in [-0.4, -0.2) is 55.6 Å². The molecule has 3 aromatic rings. The van der Waals surface area contributed by atoms with Crippen LogP contribution in [0.1, 0.15) is 56.2 Å². The highest BCUT2D eigenvalue weighted by Crippen LogP contribution is 2.31. The first-order valence-corrected chi connectivity index (χ1v) is 12.2. The summed E-state index contributed by atoms with van der Waals surface area (Å²) in [4.78, 5) is 37.9. The summed E-state index contributed by atoms with van der Waals surface area (Å²) in [5.41, 5.74) is 4.40. The van der Waals surface area contributed by atoms with Crippen LogP contribution in [0.3, 0.4) is 0 Å². The van der Waals surface area contributed by atoms with E-state index in [-0.39, 0.29) is 36.7 Å². The molecule has 1 fully saturated rings. The maximum Gasteiger partial charge on any atom is 0.243 e. The summed E-state index contributed by atoms with van der Waals surface area (Å²) < 4.78 is 5.26. The number of amides is 2. The Balaban J connectivity index is 1.47. The molecule has 4 rings (SSSR count). The van der Waals surface area contributed by atoms with E-state index in [0.717, 1.165) is 21.8 Å². The topological polar surface area (TPSA) is 121 Å². The molecule has 0 saturated carbocycles. The number of aryl methyl sites for hydroxylation is 1. The van der Waals surface area contributed by atoms with Crippen LogP contribution in [-0.2, 0) is 9.59 Å². The van der Waals surface area contributed by atoms with Crippen LogP contribution >= 0.6 is 11.3 Å². The van der Waals surface area contributed by atoms with Gasteiger partial charge in [-0.1, -0.05) is 25.1 Å². The second-order valence-corrected chi connectivity index (χ2v) is 9.86. The summed E-state index contributed by atoms with van der Waals surface area (Å²) in [6.07, 6.45) is 2.66. The SMILES string of the molecule is Cc1ncsc1-c1ccc(C(C)NC(=O)[C@@H]2C[C@@H](O)CN2C(=O)[C@H](c2ccno2)C(C)C)cn1. The first kappa shape index (κ1) is 24.0. The van der Waals surface area contributed by atoms with Gasteiger partial charge in [-0.2, -0.15) is 0 Å². The second-order valence-electron chi connectivity index (χ2n) is 9.01. The lowest BCUT2D eigenvalue weighted by Crippen LogP contribution is -2.48. The van der Waals surface area contributed by atoms with Crippen LogP contribution in [0.5, 0.6) is 0 Å². The minimum Gasteiger partial charge on any atom is -0.391 e. The molecule has 1 saturated heterocycles. The van der Waals surface area contributed by atoms with Crippen molar-refractivity contribution in [3.63, 3.8) is 0 Å². The number of nitrogens with one attached hydrogen (secondary N) is 1. The Labute approximate surface area is 202 Å². The van der Waals surface area contributed by atoms with Gasteiger partial charge in [-0.15, -0.1) is 11.3 Å². The molecule has 0 aliphatic carbocycles. The smallest absolute Gasteiger partial charge is 0.243 e. The van der Waals surface area contributed by atoms with Gasteiger partial charge < -0.3 is 19.8 Å². The third-order valence-corrected chi connectivity index (χ3v) is 7.14. The van der Waals surface area contributed by atoms with Crippen molar-refractivity contribution < 1.29 is 19.2 Å². The number of aliphatic hydroxyl groups is 1. The number of nitrogens with zero attached hydrogens (tertiary/aromatic N) is 4. The highest BCUT2D eigenvalue weighted by atomic mass is 32.1. The van der Waals surface area contributed by atoms with Crippen LogP contribution in [0.2, 0.25) is 0 Å². The van der Waals surface area contributed by atoms with E-state index in [4.69, 9.17) is 4.52 Å². The normalized spacial score (nSPS) is 19.9. The Bertz CT molecular complexity index is 1130. The quantitative estimate of drug-likeness (QED) is 0.530. The number of carbonyl (C=O) groups excluding carboxylic acids is 2. The van der Waals surface area contributed by atoms with Gasteiger partial charge in [0.25, 0.3) is 0 Å². The van der Waals surface area contributed by atoms with E-state index in [1.54, 1.807) is 17.8 Å². The third kappa shape index (κ3) is 4.88. The van der Waals surface area contributed by atoms with Crippen molar-refractivity contribution in [2.45, 2.75) is 58.2 Å². The Hall–Kier alpha value is -3.11. The average Bonchev–Trinajstić information content (AvgIpc) is 3.55. The lowest BCUT2D eigenvalue weighted by Gasteiger charge is -2.29. The third-order valence-electron chi connectivity index (χ3n) is 6.19. The number of pyridine rings is 1. The molecule has 2 N–H and O–H groups in total. The van der Waals surface area contributed by atoms with Gasteiger partial charge in [0.1, 0.15) is 17.7 Å². The van der Waals surface area contributed by atoms with Gasteiger partial charge in [0.05, 0.1) is 40.1 Å². The maximum absolute atomic E-state index is 13.4. The first-order valence-electron chi connectivity index (χ1n) is 11.3. The van der Waals surface area contributed by atoms with Crippen molar-refractivity contribution in [1.29, 1.82) is 0 Å². The summed E-state index contributed by atoms with van der Waals surface area (Å²) in [6.45, 7) is 7.75. The van der Waals surface area contributed by atoms with Crippen LogP contribution in [0.4, 0.5) is 0 Å². The Morgan fingerprint density at radius 2 is 2.03 bits per heavy atom. The van der Waals surface area contributed by atoms with Crippen LogP contribution in [0.15, 0.2) is 40.6 Å². The van der Waals surface area contributed by atoms with E-state index in [1.165, 1.54) is 22.4 Å². The molecule has 3 aromatic heterocycles. The Morgan fingerprint density at radius 3 is 2.62 bits per heavy atom. The zero-order valence-corrected chi connectivity index (χ0v) is 20.5. The van der Waals surface area contributed by atoms with Crippen molar-refractivity contribution in [1.82, 2.24) is 25.3 Å². The minimum absolute atomic E-state index is 0.0624. The Kier molecular flexibility index (Phi) is 7.08. The fourth-order valence-corrected chi connectivity index (χ4v) is 5.12. The van der Waals surface area contributed by atoms with Crippen molar-refractivity contribution in [2.24, 2.45) is 5.92 Å². The average molecular weight is 484 g/mol. The van der Waals surface area contributed by atoms with Gasteiger partial charge in [0.15, 0.2) is 0 Å². The number of rotatable bonds is 7. The van der Waals surface area contributed by atoms with Gasteiger partial charge in [-0.05, 0) is 31.4 Å². The number of carbonyl (C=O) groups is 2. The standard InChI is InChI=1S/C24H29N5O4S/c1-13(2)21(20-7-8-27-33-20)24(32)29-11-17(30)9-19(29)23(31)28-14(3)16-5-6-18(25-10-16)22-15(4)26-12-34-22/h5-8,10,12-14,17,19,21,30H,9,11H2,1-4H3,(H,28,31)/t14?,17-,19+,21+/m1/s1. The molecule has 0 spiro atoms. The summed E-state index contributed by atoms with van der Waals surface area (Å²) in [5.74, 6) is -0.738. The Morgan fingerprint density at radius 1 is 1.24 bits per heavy atom. The maximum atomic E-state index is 13.4. The molecule has 34 heavy (non-hydrogen) atoms. The molecule has 2 amide bonds. The van der Waals surface area contributed by atoms with Crippen molar-refractivity contribution in [3.8, 4) is 10.6 Å². The van der Waals surface area contributed by atoms with Gasteiger partial charge in [0.2, 0.25) is 11.8 Å². The predicted octanol–water partition coefficient (Wildman–Crippen LogP) is 3.08. The van der Waals surface area contributed by atoms with E-state index < -0.39 is 18.1 Å². The van der Waals surface area contributed by atoms with E-state index in [9.17, 15) is 14.7 Å². The van der Waals surface area contributed by atoms with Crippen LogP contribution < -0.4 is 5.32 Å². The molecule has 0 aromatic carbocycles. The molecular weight excluding hydrogens is 454 g/mol. The highest BCUT2D eigenvalue weighted by molar-refractivity contribution is 7.13. The van der Waals surface area contributed by atoms with E-state index in [2.05, 4.69) is 20.4 Å². The highest BCUT2D eigenvalue weighted by Gasteiger charge is 2.43. The minimum atomic E-state index is -0.763. The number of thiazole rings is 1. The second kappa shape index (κ2) is 10.0. The largest absolute Gasteiger partial charge is 0.391 e. The number of aromatic nitrogens is 3. The molecule has 1 aliphatic heterocycles. The molecule has 180 valence electrons. The summed E-state index contributed by atoms with van der Waals surface area (Å²) >= 11 is 1.54. The molecule has 4 heterocycles. The van der Waals surface area contributed by atoms with Gasteiger partial charge in [-0.3, -0.25) is 14.6 Å². The van der Waals surface area contributed by atoms with Crippen LogP contribution in [0.25, 0.3) is 10.6 Å². The number of hydrogen-bond donors (Lipinski definition) is 2. The van der Waals surface area contributed by atoms with Gasteiger partial charge >= 0.3 is 0 Å². The summed E-state index contributed by atoms with van der Waals surface area (Å²) in [7, 11) is 0. The number of likely N-dealkylation sites (tertiary alicyclic amines) is 1. The zero-order chi connectivity index (χ0) is 24.4. The van der Waals surface area contributed by atoms with Gasteiger partial charge in [-0.25, -0.2) is 4.98 Å². The molecule has 1 unspecified atom stereocenters. The monoisotopic (exact) mass is 483 g/mol. The molecule has 9 nitrogen and oxygen atoms in total. The first-order chi connectivity index (χ1) is 16.3.